The molecule has 31 heavy (non-hydrogen) atoms. The van der Waals surface area contributed by atoms with Crippen LogP contribution >= 0.6 is 11.3 Å². The SMILES string of the molecule is Cc1nc(NC(=O)c2cc(-c3ccccc3)on2)sc1-c1nc(-c2ccccc2)no1. The summed E-state index contributed by atoms with van der Waals surface area (Å²) in [5.41, 5.74) is 2.53. The van der Waals surface area contributed by atoms with E-state index in [4.69, 9.17) is 9.05 Å². The van der Waals surface area contributed by atoms with E-state index in [0.717, 1.165) is 11.1 Å². The summed E-state index contributed by atoms with van der Waals surface area (Å²) in [7, 11) is 0. The molecule has 152 valence electrons. The second kappa shape index (κ2) is 7.96. The van der Waals surface area contributed by atoms with Gasteiger partial charge in [-0.05, 0) is 6.92 Å². The minimum Gasteiger partial charge on any atom is -0.355 e. The van der Waals surface area contributed by atoms with Crippen LogP contribution in [0.2, 0.25) is 0 Å². The molecule has 0 aliphatic heterocycles. The Morgan fingerprint density at radius 3 is 2.35 bits per heavy atom. The van der Waals surface area contributed by atoms with Gasteiger partial charge in [-0.25, -0.2) is 4.98 Å². The summed E-state index contributed by atoms with van der Waals surface area (Å²) in [4.78, 5) is 22.1. The third kappa shape index (κ3) is 3.86. The number of aromatic nitrogens is 4. The van der Waals surface area contributed by atoms with Crippen LogP contribution in [-0.4, -0.2) is 26.2 Å². The van der Waals surface area contributed by atoms with Gasteiger partial charge in [-0.3, -0.25) is 10.1 Å². The number of carbonyl (C=O) groups is 1. The Morgan fingerprint density at radius 1 is 0.903 bits per heavy atom. The Morgan fingerprint density at radius 2 is 1.61 bits per heavy atom. The Hall–Kier alpha value is -4.11. The number of aryl methyl sites for hydroxylation is 1. The van der Waals surface area contributed by atoms with Gasteiger partial charge in [0.05, 0.1) is 5.69 Å². The molecule has 0 spiro atoms. The molecule has 8 nitrogen and oxygen atoms in total. The maximum atomic E-state index is 12.6. The zero-order valence-corrected chi connectivity index (χ0v) is 17.1. The molecule has 0 unspecified atom stereocenters. The number of thiazole rings is 1. The first-order chi connectivity index (χ1) is 15.2. The van der Waals surface area contributed by atoms with Crippen molar-refractivity contribution in [1.82, 2.24) is 20.3 Å². The number of hydrogen-bond acceptors (Lipinski definition) is 8. The lowest BCUT2D eigenvalue weighted by atomic mass is 10.1. The van der Waals surface area contributed by atoms with E-state index in [1.807, 2.05) is 67.6 Å². The van der Waals surface area contributed by atoms with Crippen molar-refractivity contribution in [3.63, 3.8) is 0 Å². The van der Waals surface area contributed by atoms with Crippen LogP contribution < -0.4 is 5.32 Å². The van der Waals surface area contributed by atoms with Gasteiger partial charge in [-0.15, -0.1) is 0 Å². The molecular weight excluding hydrogens is 414 g/mol. The smallest absolute Gasteiger partial charge is 0.279 e. The summed E-state index contributed by atoms with van der Waals surface area (Å²) in [6.07, 6.45) is 0. The van der Waals surface area contributed by atoms with Gasteiger partial charge in [0.25, 0.3) is 11.8 Å². The normalized spacial score (nSPS) is 10.9. The van der Waals surface area contributed by atoms with E-state index in [-0.39, 0.29) is 5.69 Å². The van der Waals surface area contributed by atoms with Crippen LogP contribution in [0, 0.1) is 6.92 Å². The minimum atomic E-state index is -0.415. The van der Waals surface area contributed by atoms with Gasteiger partial charge in [0.1, 0.15) is 4.88 Å². The van der Waals surface area contributed by atoms with E-state index < -0.39 is 5.91 Å². The number of hydrogen-bond donors (Lipinski definition) is 1. The third-order valence-electron chi connectivity index (χ3n) is 4.47. The molecule has 0 saturated heterocycles. The molecular formula is C22H15N5O3S. The van der Waals surface area contributed by atoms with Crippen LogP contribution in [0.1, 0.15) is 16.2 Å². The zero-order valence-electron chi connectivity index (χ0n) is 16.3. The van der Waals surface area contributed by atoms with Gasteiger partial charge >= 0.3 is 0 Å². The first-order valence-electron chi connectivity index (χ1n) is 9.38. The van der Waals surface area contributed by atoms with Crippen molar-refractivity contribution >= 4 is 22.4 Å². The minimum absolute atomic E-state index is 0.164. The molecule has 0 bridgehead atoms. The summed E-state index contributed by atoms with van der Waals surface area (Å²) < 4.78 is 10.7. The van der Waals surface area contributed by atoms with Crippen molar-refractivity contribution in [3.05, 3.63) is 78.1 Å². The molecule has 5 rings (SSSR count). The van der Waals surface area contributed by atoms with Crippen LogP contribution in [0.25, 0.3) is 33.5 Å². The lowest BCUT2D eigenvalue weighted by Gasteiger charge is -1.95. The van der Waals surface area contributed by atoms with Gasteiger partial charge in [-0.2, -0.15) is 4.98 Å². The maximum Gasteiger partial charge on any atom is 0.279 e. The monoisotopic (exact) mass is 429 g/mol. The molecule has 3 aromatic heterocycles. The zero-order chi connectivity index (χ0) is 21.2. The second-order valence-electron chi connectivity index (χ2n) is 6.62. The highest BCUT2D eigenvalue weighted by molar-refractivity contribution is 7.19. The van der Waals surface area contributed by atoms with E-state index in [0.29, 0.717) is 33.2 Å². The van der Waals surface area contributed by atoms with Crippen LogP contribution in [0.3, 0.4) is 0 Å². The number of rotatable bonds is 5. The summed E-state index contributed by atoms with van der Waals surface area (Å²) in [6, 6.07) is 20.6. The fourth-order valence-corrected chi connectivity index (χ4v) is 3.83. The first-order valence-corrected chi connectivity index (χ1v) is 10.2. The van der Waals surface area contributed by atoms with Gasteiger partial charge in [0, 0.05) is 17.2 Å². The number of anilines is 1. The van der Waals surface area contributed by atoms with E-state index in [2.05, 4.69) is 25.6 Å². The number of nitrogens with one attached hydrogen (secondary N) is 1. The molecule has 0 aliphatic rings. The lowest BCUT2D eigenvalue weighted by Crippen LogP contribution is -2.11. The van der Waals surface area contributed by atoms with Crippen LogP contribution in [0.15, 0.2) is 75.8 Å². The van der Waals surface area contributed by atoms with E-state index in [9.17, 15) is 4.79 Å². The van der Waals surface area contributed by atoms with Gasteiger partial charge in [-0.1, -0.05) is 82.3 Å². The largest absolute Gasteiger partial charge is 0.355 e. The van der Waals surface area contributed by atoms with E-state index >= 15 is 0 Å². The van der Waals surface area contributed by atoms with Crippen LogP contribution in [0.5, 0.6) is 0 Å². The first kappa shape index (κ1) is 18.9. The Bertz CT molecular complexity index is 1340. The van der Waals surface area contributed by atoms with Crippen molar-refractivity contribution in [2.75, 3.05) is 5.32 Å². The standard InChI is InChI=1S/C22H15N5O3S/c1-13-18(21-24-19(27-30-21)15-10-6-3-7-11-15)31-22(23-13)25-20(28)16-12-17(29-26-16)14-8-4-2-5-9-14/h2-12H,1H3,(H,23,25,28). The summed E-state index contributed by atoms with van der Waals surface area (Å²) >= 11 is 1.25. The van der Waals surface area contributed by atoms with Crippen LogP contribution in [-0.2, 0) is 0 Å². The van der Waals surface area contributed by atoms with E-state index in [1.54, 1.807) is 6.07 Å². The van der Waals surface area contributed by atoms with Gasteiger partial charge in [0.15, 0.2) is 16.6 Å². The highest BCUT2D eigenvalue weighted by atomic mass is 32.1. The number of nitrogens with zero attached hydrogens (tertiary/aromatic N) is 4. The van der Waals surface area contributed by atoms with Crippen molar-refractivity contribution in [3.8, 4) is 33.5 Å². The van der Waals surface area contributed by atoms with Crippen molar-refractivity contribution in [1.29, 1.82) is 0 Å². The number of amides is 1. The van der Waals surface area contributed by atoms with Crippen molar-refractivity contribution in [2.24, 2.45) is 0 Å². The second-order valence-corrected chi connectivity index (χ2v) is 7.62. The third-order valence-corrected chi connectivity index (χ3v) is 5.53. The van der Waals surface area contributed by atoms with Crippen molar-refractivity contribution in [2.45, 2.75) is 6.92 Å². The molecule has 0 aliphatic carbocycles. The molecule has 2 aromatic carbocycles. The number of carbonyl (C=O) groups excluding carboxylic acids is 1. The molecule has 5 aromatic rings. The Labute approximate surface area is 180 Å². The fourth-order valence-electron chi connectivity index (χ4n) is 2.95. The summed E-state index contributed by atoms with van der Waals surface area (Å²) in [6.45, 7) is 1.82. The molecule has 0 atom stereocenters. The summed E-state index contributed by atoms with van der Waals surface area (Å²) in [5, 5.41) is 11.1. The molecule has 9 heteroatoms. The maximum absolute atomic E-state index is 12.6. The Balaban J connectivity index is 1.34. The predicted molar refractivity (Wildman–Crippen MR) is 115 cm³/mol. The highest BCUT2D eigenvalue weighted by Crippen LogP contribution is 2.33. The fraction of sp³-hybridized carbons (Fsp3) is 0.0455. The van der Waals surface area contributed by atoms with Crippen molar-refractivity contribution < 1.29 is 13.8 Å². The quantitative estimate of drug-likeness (QED) is 0.415. The van der Waals surface area contributed by atoms with Gasteiger partial charge in [0.2, 0.25) is 5.82 Å². The van der Waals surface area contributed by atoms with Crippen LogP contribution in [0.4, 0.5) is 5.13 Å². The lowest BCUT2D eigenvalue weighted by molar-refractivity contribution is 0.101. The average molecular weight is 429 g/mol. The number of benzene rings is 2. The highest BCUT2D eigenvalue weighted by Gasteiger charge is 2.20. The molecule has 0 fully saturated rings. The molecule has 1 N–H and O–H groups in total. The Kier molecular flexibility index (Phi) is 4.85. The molecule has 1 amide bonds. The van der Waals surface area contributed by atoms with Gasteiger partial charge < -0.3 is 9.05 Å². The summed E-state index contributed by atoms with van der Waals surface area (Å²) in [5.74, 6) is 0.940. The topological polar surface area (TPSA) is 107 Å². The molecule has 0 saturated carbocycles. The van der Waals surface area contributed by atoms with E-state index in [1.165, 1.54) is 11.3 Å². The molecule has 3 heterocycles. The molecule has 0 radical (unpaired) electrons. The predicted octanol–water partition coefficient (Wildman–Crippen LogP) is 5.08. The average Bonchev–Trinajstić information content (AvgIpc) is 3.55.